The van der Waals surface area contributed by atoms with Gasteiger partial charge in [0.1, 0.15) is 12.3 Å². The van der Waals surface area contributed by atoms with Crippen LogP contribution in [0, 0.1) is 0 Å². The van der Waals surface area contributed by atoms with Crippen LogP contribution in [0.5, 0.6) is 5.75 Å². The summed E-state index contributed by atoms with van der Waals surface area (Å²) < 4.78 is 5.04. The van der Waals surface area contributed by atoms with Crippen molar-refractivity contribution in [2.24, 2.45) is 0 Å². The number of methoxy groups -OCH3 is 1. The SMILES string of the molecule is COc1ccc(C2C(C(C)=O)=C(O)C(=O)N2CC(=O)O)cc1. The Balaban J connectivity index is 2.50. The summed E-state index contributed by atoms with van der Waals surface area (Å²) in [6.07, 6.45) is 0. The molecule has 2 rings (SSSR count). The molecule has 7 nitrogen and oxygen atoms in total. The van der Waals surface area contributed by atoms with E-state index in [4.69, 9.17) is 9.84 Å². The fourth-order valence-corrected chi connectivity index (χ4v) is 2.45. The molecule has 0 radical (unpaired) electrons. The lowest BCUT2D eigenvalue weighted by atomic mass is 9.96. The van der Waals surface area contributed by atoms with Crippen molar-refractivity contribution >= 4 is 17.7 Å². The number of carboxylic acids is 1. The van der Waals surface area contributed by atoms with Crippen LogP contribution < -0.4 is 4.74 Å². The van der Waals surface area contributed by atoms with E-state index < -0.39 is 36.0 Å². The summed E-state index contributed by atoms with van der Waals surface area (Å²) in [7, 11) is 1.50. The Morgan fingerprint density at radius 1 is 1.27 bits per heavy atom. The molecule has 1 aliphatic rings. The average Bonchev–Trinajstić information content (AvgIpc) is 2.72. The van der Waals surface area contributed by atoms with E-state index in [0.717, 1.165) is 4.90 Å². The molecule has 116 valence electrons. The van der Waals surface area contributed by atoms with Crippen molar-refractivity contribution in [1.82, 2.24) is 4.90 Å². The van der Waals surface area contributed by atoms with Gasteiger partial charge >= 0.3 is 5.97 Å². The Morgan fingerprint density at radius 2 is 1.86 bits per heavy atom. The monoisotopic (exact) mass is 305 g/mol. The molecule has 0 saturated heterocycles. The third-order valence-electron chi connectivity index (χ3n) is 3.42. The Labute approximate surface area is 126 Å². The molecular weight excluding hydrogens is 290 g/mol. The Hall–Kier alpha value is -2.83. The zero-order valence-electron chi connectivity index (χ0n) is 12.1. The fraction of sp³-hybridized carbons (Fsp3) is 0.267. The van der Waals surface area contributed by atoms with E-state index in [1.54, 1.807) is 24.3 Å². The van der Waals surface area contributed by atoms with E-state index in [9.17, 15) is 19.5 Å². The Kier molecular flexibility index (Phi) is 4.16. The number of carbonyl (C=O) groups is 3. The maximum absolute atomic E-state index is 12.0. The van der Waals surface area contributed by atoms with E-state index in [0.29, 0.717) is 11.3 Å². The van der Waals surface area contributed by atoms with Gasteiger partial charge in [-0.15, -0.1) is 0 Å². The van der Waals surface area contributed by atoms with Crippen LogP contribution in [-0.2, 0) is 14.4 Å². The lowest BCUT2D eigenvalue weighted by Gasteiger charge is -2.25. The number of hydrogen-bond acceptors (Lipinski definition) is 5. The molecule has 22 heavy (non-hydrogen) atoms. The summed E-state index contributed by atoms with van der Waals surface area (Å²) in [5.41, 5.74) is 0.418. The zero-order chi connectivity index (χ0) is 16.4. The van der Waals surface area contributed by atoms with Gasteiger partial charge in [0.25, 0.3) is 5.91 Å². The van der Waals surface area contributed by atoms with Crippen LogP contribution in [0.25, 0.3) is 0 Å². The molecule has 0 saturated carbocycles. The molecule has 1 amide bonds. The standard InChI is InChI=1S/C15H15NO6/c1-8(17)12-13(9-3-5-10(22-2)6-4-9)16(7-11(18)19)15(21)14(12)20/h3-6,13,20H,7H2,1-2H3,(H,18,19). The summed E-state index contributed by atoms with van der Waals surface area (Å²) in [5.74, 6) is -2.71. The first-order valence-electron chi connectivity index (χ1n) is 6.47. The summed E-state index contributed by atoms with van der Waals surface area (Å²) in [6.45, 7) is 0.607. The molecule has 1 unspecified atom stereocenters. The number of Topliss-reactive ketones (excluding diaryl/α,β-unsaturated/α-hetero) is 1. The Morgan fingerprint density at radius 3 is 2.32 bits per heavy atom. The first kappa shape index (κ1) is 15.6. The molecule has 1 aliphatic heterocycles. The van der Waals surface area contributed by atoms with E-state index in [2.05, 4.69) is 0 Å². The number of benzene rings is 1. The molecule has 1 aromatic carbocycles. The van der Waals surface area contributed by atoms with E-state index >= 15 is 0 Å². The number of aliphatic hydroxyl groups is 1. The molecule has 1 atom stereocenters. The van der Waals surface area contributed by atoms with Gasteiger partial charge in [-0.3, -0.25) is 14.4 Å². The number of amides is 1. The lowest BCUT2D eigenvalue weighted by Crippen LogP contribution is -2.35. The first-order valence-corrected chi connectivity index (χ1v) is 6.47. The molecule has 0 aromatic heterocycles. The molecule has 2 N–H and O–H groups in total. The minimum atomic E-state index is -1.23. The van der Waals surface area contributed by atoms with Crippen molar-refractivity contribution in [3.05, 3.63) is 41.2 Å². The molecule has 7 heteroatoms. The van der Waals surface area contributed by atoms with Crippen molar-refractivity contribution in [2.45, 2.75) is 13.0 Å². The van der Waals surface area contributed by atoms with Gasteiger partial charge in [0.05, 0.1) is 18.7 Å². The van der Waals surface area contributed by atoms with E-state index in [1.807, 2.05) is 0 Å². The van der Waals surface area contributed by atoms with Crippen LogP contribution in [0.2, 0.25) is 0 Å². The number of carboxylic acid groups (broad SMARTS) is 1. The zero-order valence-corrected chi connectivity index (χ0v) is 12.1. The van der Waals surface area contributed by atoms with Gasteiger partial charge in [0.15, 0.2) is 11.5 Å². The highest BCUT2D eigenvalue weighted by molar-refractivity contribution is 6.08. The number of rotatable bonds is 5. The number of aliphatic hydroxyl groups excluding tert-OH is 1. The third kappa shape index (κ3) is 2.65. The third-order valence-corrected chi connectivity index (χ3v) is 3.42. The molecule has 1 aromatic rings. The largest absolute Gasteiger partial charge is 0.503 e. The van der Waals surface area contributed by atoms with Gasteiger partial charge in [-0.25, -0.2) is 0 Å². The number of ketones is 1. The van der Waals surface area contributed by atoms with Crippen LogP contribution >= 0.6 is 0 Å². The van der Waals surface area contributed by atoms with Crippen molar-refractivity contribution in [3.8, 4) is 5.75 Å². The van der Waals surface area contributed by atoms with Crippen molar-refractivity contribution < 1.29 is 29.3 Å². The second-order valence-corrected chi connectivity index (χ2v) is 4.82. The minimum Gasteiger partial charge on any atom is -0.503 e. The van der Waals surface area contributed by atoms with Crippen LogP contribution in [0.4, 0.5) is 0 Å². The van der Waals surface area contributed by atoms with Gasteiger partial charge in [-0.1, -0.05) is 12.1 Å². The normalized spacial score (nSPS) is 17.8. The molecule has 1 heterocycles. The second-order valence-electron chi connectivity index (χ2n) is 4.82. The molecule has 0 fully saturated rings. The predicted molar refractivity (Wildman–Crippen MR) is 75.4 cm³/mol. The van der Waals surface area contributed by atoms with E-state index in [1.165, 1.54) is 14.0 Å². The first-order chi connectivity index (χ1) is 10.4. The van der Waals surface area contributed by atoms with Gasteiger partial charge < -0.3 is 19.8 Å². The molecule has 0 spiro atoms. The summed E-state index contributed by atoms with van der Waals surface area (Å²) in [6, 6.07) is 5.57. The number of aliphatic carboxylic acids is 1. The Bertz CT molecular complexity index is 661. The van der Waals surface area contributed by atoms with Crippen LogP contribution in [0.3, 0.4) is 0 Å². The van der Waals surface area contributed by atoms with Gasteiger partial charge in [0, 0.05) is 0 Å². The summed E-state index contributed by atoms with van der Waals surface area (Å²) in [5, 5.41) is 18.8. The maximum Gasteiger partial charge on any atom is 0.323 e. The average molecular weight is 305 g/mol. The topological polar surface area (TPSA) is 104 Å². The maximum atomic E-state index is 12.0. The fourth-order valence-electron chi connectivity index (χ4n) is 2.45. The summed E-state index contributed by atoms with van der Waals surface area (Å²) >= 11 is 0. The van der Waals surface area contributed by atoms with Crippen LogP contribution in [0.15, 0.2) is 35.6 Å². The van der Waals surface area contributed by atoms with Crippen LogP contribution in [0.1, 0.15) is 18.5 Å². The lowest BCUT2D eigenvalue weighted by molar-refractivity contribution is -0.144. The van der Waals surface area contributed by atoms with Crippen molar-refractivity contribution in [2.75, 3.05) is 13.7 Å². The molecular formula is C15H15NO6. The molecule has 0 bridgehead atoms. The van der Waals surface area contributed by atoms with Crippen LogP contribution in [-0.4, -0.2) is 46.4 Å². The highest BCUT2D eigenvalue weighted by Crippen LogP contribution is 2.37. The molecule has 0 aliphatic carbocycles. The summed E-state index contributed by atoms with van der Waals surface area (Å²) in [4.78, 5) is 35.7. The smallest absolute Gasteiger partial charge is 0.323 e. The van der Waals surface area contributed by atoms with Gasteiger partial charge in [-0.05, 0) is 24.6 Å². The second kappa shape index (κ2) is 5.88. The van der Waals surface area contributed by atoms with E-state index in [-0.39, 0.29) is 5.57 Å². The highest BCUT2D eigenvalue weighted by atomic mass is 16.5. The number of carbonyl (C=O) groups excluding carboxylic acids is 2. The highest BCUT2D eigenvalue weighted by Gasteiger charge is 2.43. The predicted octanol–water partition coefficient (Wildman–Crippen LogP) is 1.06. The number of hydrogen-bond donors (Lipinski definition) is 2. The number of nitrogens with zero attached hydrogens (tertiary/aromatic N) is 1. The minimum absolute atomic E-state index is 0.101. The van der Waals surface area contributed by atoms with Crippen molar-refractivity contribution in [3.63, 3.8) is 0 Å². The van der Waals surface area contributed by atoms with Crippen molar-refractivity contribution in [1.29, 1.82) is 0 Å². The number of ether oxygens (including phenoxy) is 1. The van der Waals surface area contributed by atoms with Gasteiger partial charge in [0.2, 0.25) is 0 Å². The van der Waals surface area contributed by atoms with Gasteiger partial charge in [-0.2, -0.15) is 0 Å². The quantitative estimate of drug-likeness (QED) is 0.843.